The van der Waals surface area contributed by atoms with Crippen LogP contribution in [-0.2, 0) is 39.0 Å². The van der Waals surface area contributed by atoms with Crippen molar-refractivity contribution in [3.63, 3.8) is 0 Å². The maximum absolute atomic E-state index is 2.44. The summed E-state index contributed by atoms with van der Waals surface area (Å²) in [6.45, 7) is 4.91. The monoisotopic (exact) mass is 164 g/mol. The highest BCUT2D eigenvalue weighted by Crippen LogP contribution is 2.28. The fourth-order valence-corrected chi connectivity index (χ4v) is 2.51. The summed E-state index contributed by atoms with van der Waals surface area (Å²) in [5, 5.41) is 0. The Kier molecular flexibility index (Phi) is 0.700. The van der Waals surface area contributed by atoms with Crippen molar-refractivity contribution in [3.8, 4) is 0 Å². The molecule has 0 radical (unpaired) electrons. The molecule has 1 aromatic heterocycles. The van der Waals surface area contributed by atoms with Crippen molar-refractivity contribution in [3.05, 3.63) is 11.4 Å². The summed E-state index contributed by atoms with van der Waals surface area (Å²) in [5.41, 5.74) is 3.19. The van der Waals surface area contributed by atoms with Crippen molar-refractivity contribution in [2.45, 2.75) is 39.0 Å². The predicted octanol–water partition coefficient (Wildman–Crippen LogP) is 0.143. The van der Waals surface area contributed by atoms with Gasteiger partial charge in [0.15, 0.2) is 0 Å². The number of rotatable bonds is 0. The van der Waals surface area contributed by atoms with Gasteiger partial charge in [-0.15, -0.1) is 0 Å². The maximum Gasteiger partial charge on any atom is 0.0778 e. The van der Waals surface area contributed by atoms with Gasteiger partial charge in [-0.3, -0.25) is 9.36 Å². The molecule has 0 saturated heterocycles. The van der Waals surface area contributed by atoms with Crippen LogP contribution in [0.2, 0.25) is 0 Å². The van der Waals surface area contributed by atoms with Crippen molar-refractivity contribution < 1.29 is 0 Å². The molecule has 0 N–H and O–H groups in total. The first-order valence-electron chi connectivity index (χ1n) is 4.77. The van der Waals surface area contributed by atoms with Gasteiger partial charge in [0, 0.05) is 0 Å². The van der Waals surface area contributed by atoms with Gasteiger partial charge in [0.1, 0.15) is 0 Å². The fourth-order valence-electron chi connectivity index (χ4n) is 2.51. The first kappa shape index (κ1) is 5.56. The largest absolute Gasteiger partial charge is 0.270 e. The molecule has 1 aliphatic carbocycles. The molecule has 1 aromatic rings. The van der Waals surface area contributed by atoms with Gasteiger partial charge in [-0.05, 0) is 12.8 Å². The van der Waals surface area contributed by atoms with E-state index < -0.39 is 0 Å². The Labute approximate surface area is 70.2 Å². The molecule has 0 fully saturated rings. The molecule has 3 aliphatic rings. The zero-order valence-corrected chi connectivity index (χ0v) is 7.03. The molecule has 12 heavy (non-hydrogen) atoms. The molecule has 4 nitrogen and oxygen atoms in total. The molecule has 4 rings (SSSR count). The molecule has 4 heteroatoms. The molecule has 0 spiro atoms. The molecular weight excluding hydrogens is 152 g/mol. The van der Waals surface area contributed by atoms with Crippen LogP contribution in [0.15, 0.2) is 0 Å². The molecule has 2 aliphatic heterocycles. The van der Waals surface area contributed by atoms with Crippen LogP contribution in [0.5, 0.6) is 0 Å². The molecule has 3 heterocycles. The van der Waals surface area contributed by atoms with E-state index in [0.717, 1.165) is 0 Å². The van der Waals surface area contributed by atoms with Crippen LogP contribution < -0.4 is 0 Å². The normalized spacial score (nSPS) is 21.0. The third kappa shape index (κ3) is 0.392. The minimum atomic E-state index is 1.22. The molecule has 0 unspecified atom stereocenters. The first-order chi connectivity index (χ1) is 5.95. The molecule has 0 saturated carbocycles. The Bertz CT molecular complexity index is 290. The highest BCUT2D eigenvalue weighted by atomic mass is 15.8. The van der Waals surface area contributed by atoms with Gasteiger partial charge in [0.2, 0.25) is 0 Å². The van der Waals surface area contributed by atoms with Crippen molar-refractivity contribution >= 4 is 0 Å². The SMILES string of the molecule is C1Cc2c1n1n(n3n2CC3)CC1. The number of nitrogens with zero attached hydrogens (tertiary/aromatic N) is 4. The van der Waals surface area contributed by atoms with Gasteiger partial charge < -0.3 is 0 Å². The fraction of sp³-hybridized carbons (Fsp3) is 0.750. The van der Waals surface area contributed by atoms with Crippen LogP contribution in [-0.4, -0.2) is 19.0 Å². The van der Waals surface area contributed by atoms with Crippen molar-refractivity contribution in [1.29, 1.82) is 0 Å². The lowest BCUT2D eigenvalue weighted by Gasteiger charge is -2.45. The minimum Gasteiger partial charge on any atom is -0.270 e. The Morgan fingerprint density at radius 3 is 1.42 bits per heavy atom. The van der Waals surface area contributed by atoms with E-state index in [0.29, 0.717) is 0 Å². The zero-order chi connectivity index (χ0) is 7.71. The van der Waals surface area contributed by atoms with E-state index in [1.54, 1.807) is 11.4 Å². The Morgan fingerprint density at radius 2 is 1.17 bits per heavy atom. The third-order valence-corrected chi connectivity index (χ3v) is 3.40. The molecule has 64 valence electrons. The summed E-state index contributed by atoms with van der Waals surface area (Å²) in [6.07, 6.45) is 2.60. The summed E-state index contributed by atoms with van der Waals surface area (Å²) >= 11 is 0. The lowest BCUT2D eigenvalue weighted by molar-refractivity contribution is 0.0726. The van der Waals surface area contributed by atoms with E-state index in [4.69, 9.17) is 0 Å². The van der Waals surface area contributed by atoms with Crippen molar-refractivity contribution in [1.82, 2.24) is 19.0 Å². The smallest absolute Gasteiger partial charge is 0.0778 e. The van der Waals surface area contributed by atoms with Gasteiger partial charge in [0.25, 0.3) is 0 Å². The highest BCUT2D eigenvalue weighted by Gasteiger charge is 2.31. The second-order valence-corrected chi connectivity index (χ2v) is 3.83. The van der Waals surface area contributed by atoms with Crippen LogP contribution in [0.4, 0.5) is 0 Å². The van der Waals surface area contributed by atoms with Gasteiger partial charge in [-0.1, -0.05) is 0 Å². The standard InChI is InChI=1S/C8H12N4/c1-2-8-7(1)9-3-5-11(9)12-6-4-10(8)12/h1-6H2. The second kappa shape index (κ2) is 1.51. The van der Waals surface area contributed by atoms with Crippen molar-refractivity contribution in [2.75, 3.05) is 0 Å². The van der Waals surface area contributed by atoms with Crippen molar-refractivity contribution in [2.24, 2.45) is 0 Å². The van der Waals surface area contributed by atoms with Crippen LogP contribution >= 0.6 is 0 Å². The number of fused-ring (bicyclic) bond motifs is 6. The summed E-state index contributed by atoms with van der Waals surface area (Å²) in [5.74, 6) is 0. The van der Waals surface area contributed by atoms with E-state index in [1.165, 1.54) is 39.0 Å². The van der Waals surface area contributed by atoms with Gasteiger partial charge in [-0.25, -0.2) is 9.59 Å². The first-order valence-corrected chi connectivity index (χ1v) is 4.77. The van der Waals surface area contributed by atoms with Crippen LogP contribution in [0.1, 0.15) is 11.4 Å². The Balaban J connectivity index is 2.17. The highest BCUT2D eigenvalue weighted by molar-refractivity contribution is 5.23. The van der Waals surface area contributed by atoms with E-state index in [1.807, 2.05) is 0 Å². The number of hydrogen-bond acceptors (Lipinski definition) is 0. The molecule has 0 amide bonds. The number of aromatic nitrogens is 4. The molecular formula is C8H12N4. The topological polar surface area (TPSA) is 19.7 Å². The van der Waals surface area contributed by atoms with E-state index in [2.05, 4.69) is 19.0 Å². The predicted molar refractivity (Wildman–Crippen MR) is 43.4 cm³/mol. The number of hydrogen-bond donors (Lipinski definition) is 0. The van der Waals surface area contributed by atoms with Gasteiger partial charge in [-0.2, -0.15) is 0 Å². The Morgan fingerprint density at radius 1 is 0.667 bits per heavy atom. The molecule has 0 aromatic carbocycles. The average Bonchev–Trinajstić information content (AvgIpc) is 1.96. The summed E-state index contributed by atoms with van der Waals surface area (Å²) in [6, 6.07) is 0. The van der Waals surface area contributed by atoms with Crippen LogP contribution in [0, 0.1) is 0 Å². The van der Waals surface area contributed by atoms with E-state index in [9.17, 15) is 0 Å². The summed E-state index contributed by atoms with van der Waals surface area (Å²) in [7, 11) is 0. The maximum atomic E-state index is 2.44. The van der Waals surface area contributed by atoms with Gasteiger partial charge >= 0.3 is 0 Å². The van der Waals surface area contributed by atoms with E-state index in [-0.39, 0.29) is 0 Å². The molecule has 0 atom stereocenters. The quantitative estimate of drug-likeness (QED) is 0.520. The lowest BCUT2D eigenvalue weighted by atomic mass is 9.99. The van der Waals surface area contributed by atoms with Crippen LogP contribution in [0.3, 0.4) is 0 Å². The molecule has 0 bridgehead atoms. The summed E-state index contributed by atoms with van der Waals surface area (Å²) in [4.78, 5) is 4.75. The lowest BCUT2D eigenvalue weighted by Crippen LogP contribution is -2.52. The minimum absolute atomic E-state index is 1.22. The summed E-state index contributed by atoms with van der Waals surface area (Å²) < 4.78 is 4.88. The second-order valence-electron chi connectivity index (χ2n) is 3.83. The Hall–Kier alpha value is -1.06. The average molecular weight is 164 g/mol. The van der Waals surface area contributed by atoms with Crippen LogP contribution in [0.25, 0.3) is 0 Å². The van der Waals surface area contributed by atoms with E-state index >= 15 is 0 Å². The van der Waals surface area contributed by atoms with Gasteiger partial charge in [0.05, 0.1) is 37.6 Å². The zero-order valence-electron chi connectivity index (χ0n) is 7.03. The third-order valence-electron chi connectivity index (χ3n) is 3.40.